The lowest BCUT2D eigenvalue weighted by atomic mass is 10.0. The molecule has 0 saturated carbocycles. The Bertz CT molecular complexity index is 835. The van der Waals surface area contributed by atoms with Crippen LogP contribution in [0.25, 0.3) is 0 Å². The molecule has 3 rings (SSSR count). The highest BCUT2D eigenvalue weighted by atomic mass is 35.5. The standard InChI is InChI=1S/C22H28ClN3O2S/c1-15(2)13-19(25-21(27)16-3-5-18(23)6-4-16)22(28)24-9-11-26-10-7-20-17(14-26)8-12-29-20/h3-6,8,12,15,19H,7,9-11,13-14H2,1-2H3,(H,24,28)(H,25,27). The number of hydrogen-bond donors (Lipinski definition) is 2. The van der Waals surface area contributed by atoms with Crippen LogP contribution in [-0.4, -0.2) is 42.4 Å². The summed E-state index contributed by atoms with van der Waals surface area (Å²) < 4.78 is 0. The third-order valence-electron chi connectivity index (χ3n) is 5.05. The van der Waals surface area contributed by atoms with Gasteiger partial charge in [0.05, 0.1) is 0 Å². The van der Waals surface area contributed by atoms with E-state index in [1.807, 2.05) is 25.2 Å². The summed E-state index contributed by atoms with van der Waals surface area (Å²) in [5.74, 6) is -0.104. The molecular formula is C22H28ClN3O2S. The van der Waals surface area contributed by atoms with E-state index in [1.54, 1.807) is 24.3 Å². The van der Waals surface area contributed by atoms with Crippen molar-refractivity contribution in [1.29, 1.82) is 0 Å². The van der Waals surface area contributed by atoms with Gasteiger partial charge >= 0.3 is 0 Å². The Balaban J connectivity index is 1.50. The molecule has 0 radical (unpaired) electrons. The zero-order valence-corrected chi connectivity index (χ0v) is 18.5. The number of carbonyl (C=O) groups is 2. The largest absolute Gasteiger partial charge is 0.353 e. The van der Waals surface area contributed by atoms with Crippen LogP contribution in [0.5, 0.6) is 0 Å². The van der Waals surface area contributed by atoms with Gasteiger partial charge in [-0.3, -0.25) is 14.5 Å². The summed E-state index contributed by atoms with van der Waals surface area (Å²) in [6, 6.07) is 8.31. The van der Waals surface area contributed by atoms with Gasteiger partial charge in [0.2, 0.25) is 5.91 Å². The lowest BCUT2D eigenvalue weighted by Gasteiger charge is -2.27. The number of nitrogens with zero attached hydrogens (tertiary/aromatic N) is 1. The molecule has 156 valence electrons. The van der Waals surface area contributed by atoms with Crippen molar-refractivity contribution >= 4 is 34.8 Å². The molecule has 0 bridgehead atoms. The van der Waals surface area contributed by atoms with Crippen LogP contribution in [-0.2, 0) is 17.8 Å². The lowest BCUT2D eigenvalue weighted by molar-refractivity contribution is -0.123. The fourth-order valence-corrected chi connectivity index (χ4v) is 4.52. The maximum Gasteiger partial charge on any atom is 0.251 e. The topological polar surface area (TPSA) is 61.4 Å². The Hall–Kier alpha value is -1.89. The molecule has 1 aromatic carbocycles. The van der Waals surface area contributed by atoms with Crippen LogP contribution in [0.1, 0.15) is 41.1 Å². The van der Waals surface area contributed by atoms with E-state index in [0.717, 1.165) is 26.1 Å². The lowest BCUT2D eigenvalue weighted by Crippen LogP contribution is -2.49. The summed E-state index contributed by atoms with van der Waals surface area (Å²) in [5.41, 5.74) is 1.90. The van der Waals surface area contributed by atoms with Crippen molar-refractivity contribution in [2.45, 2.75) is 39.3 Å². The summed E-state index contributed by atoms with van der Waals surface area (Å²) >= 11 is 7.71. The summed E-state index contributed by atoms with van der Waals surface area (Å²) in [6.45, 7) is 7.43. The van der Waals surface area contributed by atoms with Gasteiger partial charge in [0.15, 0.2) is 0 Å². The summed E-state index contributed by atoms with van der Waals surface area (Å²) in [4.78, 5) is 29.1. The number of nitrogens with one attached hydrogen (secondary N) is 2. The first kappa shape index (κ1) is 21.8. The number of rotatable bonds is 8. The second-order valence-corrected chi connectivity index (χ2v) is 9.29. The predicted molar refractivity (Wildman–Crippen MR) is 118 cm³/mol. The van der Waals surface area contributed by atoms with Crippen molar-refractivity contribution in [1.82, 2.24) is 15.5 Å². The van der Waals surface area contributed by atoms with E-state index in [0.29, 0.717) is 23.6 Å². The zero-order valence-electron chi connectivity index (χ0n) is 16.9. The fourth-order valence-electron chi connectivity index (χ4n) is 3.50. The number of thiophene rings is 1. The summed E-state index contributed by atoms with van der Waals surface area (Å²) in [5, 5.41) is 8.60. The highest BCUT2D eigenvalue weighted by Crippen LogP contribution is 2.23. The molecule has 29 heavy (non-hydrogen) atoms. The van der Waals surface area contributed by atoms with Crippen molar-refractivity contribution in [2.75, 3.05) is 19.6 Å². The van der Waals surface area contributed by atoms with Gasteiger partial charge in [-0.1, -0.05) is 25.4 Å². The maximum atomic E-state index is 12.7. The summed E-state index contributed by atoms with van der Waals surface area (Å²) in [6.07, 6.45) is 1.67. The highest BCUT2D eigenvalue weighted by Gasteiger charge is 2.23. The van der Waals surface area contributed by atoms with Crippen LogP contribution >= 0.6 is 22.9 Å². The molecule has 1 aromatic heterocycles. The van der Waals surface area contributed by atoms with Crippen LogP contribution in [0.4, 0.5) is 0 Å². The SMILES string of the molecule is CC(C)CC(NC(=O)c1ccc(Cl)cc1)C(=O)NCCN1CCc2sccc2C1. The van der Waals surface area contributed by atoms with Gasteiger partial charge in [0, 0.05) is 41.6 Å². The van der Waals surface area contributed by atoms with Crippen molar-refractivity contribution < 1.29 is 9.59 Å². The Morgan fingerprint density at radius 3 is 2.69 bits per heavy atom. The summed E-state index contributed by atoms with van der Waals surface area (Å²) in [7, 11) is 0. The Morgan fingerprint density at radius 1 is 1.21 bits per heavy atom. The molecule has 7 heteroatoms. The zero-order chi connectivity index (χ0) is 20.8. The first-order chi connectivity index (χ1) is 13.9. The van der Waals surface area contributed by atoms with Crippen LogP contribution in [0.3, 0.4) is 0 Å². The van der Waals surface area contributed by atoms with Gasteiger partial charge < -0.3 is 10.6 Å². The van der Waals surface area contributed by atoms with Crippen molar-refractivity contribution in [3.05, 3.63) is 56.7 Å². The smallest absolute Gasteiger partial charge is 0.251 e. The number of fused-ring (bicyclic) bond motifs is 1. The van der Waals surface area contributed by atoms with Crippen LogP contribution in [0.2, 0.25) is 5.02 Å². The molecule has 5 nitrogen and oxygen atoms in total. The van der Waals surface area contributed by atoms with E-state index >= 15 is 0 Å². The molecule has 2 heterocycles. The van der Waals surface area contributed by atoms with Crippen LogP contribution in [0.15, 0.2) is 35.7 Å². The van der Waals surface area contributed by atoms with Crippen molar-refractivity contribution in [3.63, 3.8) is 0 Å². The average molecular weight is 434 g/mol. The molecule has 0 spiro atoms. The monoisotopic (exact) mass is 433 g/mol. The van der Waals surface area contributed by atoms with Gasteiger partial charge in [-0.05, 0) is 60.0 Å². The number of amides is 2. The van der Waals surface area contributed by atoms with Gasteiger partial charge in [-0.2, -0.15) is 0 Å². The van der Waals surface area contributed by atoms with E-state index in [9.17, 15) is 9.59 Å². The third kappa shape index (κ3) is 6.29. The van der Waals surface area contributed by atoms with Crippen LogP contribution < -0.4 is 10.6 Å². The molecule has 0 fully saturated rings. The maximum absolute atomic E-state index is 12.7. The second-order valence-electron chi connectivity index (χ2n) is 7.85. The molecule has 2 amide bonds. The molecule has 1 atom stereocenters. The Labute approximate surface area is 181 Å². The molecule has 1 aliphatic heterocycles. The minimum Gasteiger partial charge on any atom is -0.353 e. The third-order valence-corrected chi connectivity index (χ3v) is 6.32. The van der Waals surface area contributed by atoms with E-state index < -0.39 is 6.04 Å². The molecule has 2 N–H and O–H groups in total. The molecule has 1 aliphatic rings. The minimum atomic E-state index is -0.553. The second kappa shape index (κ2) is 10.2. The number of carbonyl (C=O) groups excluding carboxylic acids is 2. The van der Waals surface area contributed by atoms with Crippen molar-refractivity contribution in [3.8, 4) is 0 Å². The molecule has 0 saturated heterocycles. The van der Waals surface area contributed by atoms with Crippen LogP contribution in [0, 0.1) is 5.92 Å². The van der Waals surface area contributed by atoms with E-state index in [4.69, 9.17) is 11.6 Å². The Morgan fingerprint density at radius 2 is 1.97 bits per heavy atom. The number of halogens is 1. The first-order valence-corrected chi connectivity index (χ1v) is 11.3. The van der Waals surface area contributed by atoms with Gasteiger partial charge in [-0.15, -0.1) is 11.3 Å². The van der Waals surface area contributed by atoms with Crippen molar-refractivity contribution in [2.24, 2.45) is 5.92 Å². The van der Waals surface area contributed by atoms with E-state index in [2.05, 4.69) is 27.0 Å². The quantitative estimate of drug-likeness (QED) is 0.666. The minimum absolute atomic E-state index is 0.130. The fraction of sp³-hybridized carbons (Fsp3) is 0.455. The van der Waals surface area contributed by atoms with Gasteiger partial charge in [0.25, 0.3) is 5.91 Å². The average Bonchev–Trinajstić information content (AvgIpc) is 3.15. The molecule has 2 aromatic rings. The number of benzene rings is 1. The van der Waals surface area contributed by atoms with E-state index in [1.165, 1.54) is 10.4 Å². The predicted octanol–water partition coefficient (Wildman–Crippen LogP) is 3.72. The van der Waals surface area contributed by atoms with Gasteiger partial charge in [-0.25, -0.2) is 0 Å². The molecule has 0 aliphatic carbocycles. The van der Waals surface area contributed by atoms with E-state index in [-0.39, 0.29) is 17.7 Å². The first-order valence-electron chi connectivity index (χ1n) is 10.0. The highest BCUT2D eigenvalue weighted by molar-refractivity contribution is 7.10. The molecule has 1 unspecified atom stereocenters. The molecular weight excluding hydrogens is 406 g/mol. The number of hydrogen-bond acceptors (Lipinski definition) is 4. The normalized spacial score (nSPS) is 15.0. The Kier molecular flexibility index (Phi) is 7.70. The van der Waals surface area contributed by atoms with Gasteiger partial charge in [0.1, 0.15) is 6.04 Å².